The number of halogens is 3. The fraction of sp³-hybridized carbons (Fsp3) is 0.278. The third kappa shape index (κ3) is 3.88. The minimum absolute atomic E-state index is 0.0987. The molecule has 2 aromatic carbocycles. The maximum atomic E-state index is 14.0. The highest BCUT2D eigenvalue weighted by atomic mass is 35.5. The molecule has 0 N–H and O–H groups in total. The third-order valence-electron chi connectivity index (χ3n) is 3.97. The van der Waals surface area contributed by atoms with E-state index in [0.717, 1.165) is 18.4 Å². The summed E-state index contributed by atoms with van der Waals surface area (Å²) in [5.41, 5.74) is 1.08. The van der Waals surface area contributed by atoms with Crippen LogP contribution in [-0.2, 0) is 17.8 Å². The van der Waals surface area contributed by atoms with Crippen molar-refractivity contribution in [2.45, 2.75) is 31.8 Å². The molecule has 0 heterocycles. The second-order valence-electron chi connectivity index (χ2n) is 5.76. The number of rotatable bonds is 5. The molecule has 0 spiro atoms. The Morgan fingerprint density at radius 1 is 1.13 bits per heavy atom. The lowest BCUT2D eigenvalue weighted by molar-refractivity contribution is -0.131. The molecule has 0 aromatic heterocycles. The van der Waals surface area contributed by atoms with Crippen LogP contribution in [0.4, 0.5) is 8.78 Å². The Labute approximate surface area is 138 Å². The van der Waals surface area contributed by atoms with Crippen molar-refractivity contribution in [1.29, 1.82) is 0 Å². The molecule has 2 aromatic rings. The predicted octanol–water partition coefficient (Wildman–Crippen LogP) is 4.35. The van der Waals surface area contributed by atoms with Crippen molar-refractivity contribution in [2.75, 3.05) is 0 Å². The number of benzene rings is 2. The number of amides is 1. The van der Waals surface area contributed by atoms with Crippen molar-refractivity contribution in [3.63, 3.8) is 0 Å². The Kier molecular flexibility index (Phi) is 4.62. The maximum absolute atomic E-state index is 14.0. The van der Waals surface area contributed by atoms with E-state index in [1.807, 2.05) is 0 Å². The van der Waals surface area contributed by atoms with E-state index in [9.17, 15) is 13.6 Å². The summed E-state index contributed by atoms with van der Waals surface area (Å²) in [6.07, 6.45) is 2.01. The molecule has 1 fully saturated rings. The van der Waals surface area contributed by atoms with E-state index in [1.165, 1.54) is 18.2 Å². The van der Waals surface area contributed by atoms with Crippen molar-refractivity contribution < 1.29 is 13.6 Å². The second kappa shape index (κ2) is 6.67. The first kappa shape index (κ1) is 15.9. The molecule has 1 amide bonds. The molecule has 0 unspecified atom stereocenters. The van der Waals surface area contributed by atoms with Gasteiger partial charge in [0.05, 0.1) is 13.0 Å². The van der Waals surface area contributed by atoms with E-state index >= 15 is 0 Å². The Bertz CT molecular complexity index is 693. The summed E-state index contributed by atoms with van der Waals surface area (Å²) in [5, 5.41) is 0.324. The van der Waals surface area contributed by atoms with Gasteiger partial charge >= 0.3 is 0 Å². The summed E-state index contributed by atoms with van der Waals surface area (Å²) >= 11 is 6.06. The van der Waals surface area contributed by atoms with E-state index < -0.39 is 5.82 Å². The quantitative estimate of drug-likeness (QED) is 0.795. The minimum atomic E-state index is -0.405. The first-order valence-corrected chi connectivity index (χ1v) is 7.89. The summed E-state index contributed by atoms with van der Waals surface area (Å²) in [7, 11) is 0. The van der Waals surface area contributed by atoms with Crippen molar-refractivity contribution in [1.82, 2.24) is 4.90 Å². The van der Waals surface area contributed by atoms with Gasteiger partial charge in [-0.1, -0.05) is 29.8 Å². The lowest BCUT2D eigenvalue weighted by atomic mass is 10.1. The first-order chi connectivity index (χ1) is 11.0. The number of carbonyl (C=O) groups excluding carboxylic acids is 1. The standard InChI is InChI=1S/C18H16ClF2NO/c19-16-2-1-3-17(21)15(16)11-22(14-8-9-14)18(23)10-12-4-6-13(20)7-5-12/h1-7,14H,8-11H2. The van der Waals surface area contributed by atoms with Crippen molar-refractivity contribution in [2.24, 2.45) is 0 Å². The highest BCUT2D eigenvalue weighted by Crippen LogP contribution is 2.31. The number of carbonyl (C=O) groups is 1. The van der Waals surface area contributed by atoms with Gasteiger partial charge in [0, 0.05) is 16.6 Å². The Morgan fingerprint density at radius 3 is 2.43 bits per heavy atom. The van der Waals surface area contributed by atoms with Crippen LogP contribution in [0.15, 0.2) is 42.5 Å². The highest BCUT2D eigenvalue weighted by Gasteiger charge is 2.33. The Morgan fingerprint density at radius 2 is 1.83 bits per heavy atom. The van der Waals surface area contributed by atoms with Gasteiger partial charge in [0.2, 0.25) is 5.91 Å². The normalized spacial score (nSPS) is 13.9. The van der Waals surface area contributed by atoms with Gasteiger partial charge in [-0.15, -0.1) is 0 Å². The topological polar surface area (TPSA) is 20.3 Å². The lowest BCUT2D eigenvalue weighted by Crippen LogP contribution is -2.34. The van der Waals surface area contributed by atoms with E-state index in [2.05, 4.69) is 0 Å². The molecule has 1 saturated carbocycles. The molecule has 5 heteroatoms. The molecular formula is C18H16ClF2NO. The summed E-state index contributed by atoms with van der Waals surface area (Å²) < 4.78 is 26.9. The van der Waals surface area contributed by atoms with Crippen LogP contribution < -0.4 is 0 Å². The molecule has 3 rings (SSSR count). The summed E-state index contributed by atoms with van der Waals surface area (Å²) in [6, 6.07) is 10.5. The van der Waals surface area contributed by atoms with Gasteiger partial charge < -0.3 is 4.90 Å². The van der Waals surface area contributed by atoms with Crippen LogP contribution in [0.2, 0.25) is 5.02 Å². The number of hydrogen-bond acceptors (Lipinski definition) is 1. The van der Waals surface area contributed by atoms with Crippen LogP contribution in [0, 0.1) is 11.6 Å². The molecule has 1 aliphatic carbocycles. The van der Waals surface area contributed by atoms with Crippen LogP contribution >= 0.6 is 11.6 Å². The van der Waals surface area contributed by atoms with Gasteiger partial charge in [-0.2, -0.15) is 0 Å². The Hall–Kier alpha value is -1.94. The molecule has 0 bridgehead atoms. The monoisotopic (exact) mass is 335 g/mol. The molecule has 2 nitrogen and oxygen atoms in total. The number of hydrogen-bond donors (Lipinski definition) is 0. The average Bonchev–Trinajstić information content (AvgIpc) is 3.34. The van der Waals surface area contributed by atoms with Crippen LogP contribution in [0.3, 0.4) is 0 Å². The highest BCUT2D eigenvalue weighted by molar-refractivity contribution is 6.31. The van der Waals surface area contributed by atoms with E-state index in [-0.39, 0.29) is 30.7 Å². The minimum Gasteiger partial charge on any atom is -0.335 e. The van der Waals surface area contributed by atoms with Gasteiger partial charge in [-0.05, 0) is 42.7 Å². The van der Waals surface area contributed by atoms with Crippen LogP contribution in [0.5, 0.6) is 0 Å². The summed E-state index contributed by atoms with van der Waals surface area (Å²) in [5.74, 6) is -0.838. The molecule has 120 valence electrons. The first-order valence-electron chi connectivity index (χ1n) is 7.51. The maximum Gasteiger partial charge on any atom is 0.227 e. The van der Waals surface area contributed by atoms with Crippen molar-refractivity contribution >= 4 is 17.5 Å². The largest absolute Gasteiger partial charge is 0.335 e. The van der Waals surface area contributed by atoms with Gasteiger partial charge in [0.15, 0.2) is 0 Å². The smallest absolute Gasteiger partial charge is 0.227 e. The van der Waals surface area contributed by atoms with Crippen LogP contribution in [0.25, 0.3) is 0 Å². The zero-order chi connectivity index (χ0) is 16.4. The lowest BCUT2D eigenvalue weighted by Gasteiger charge is -2.23. The van der Waals surface area contributed by atoms with Crippen molar-refractivity contribution in [3.8, 4) is 0 Å². The molecule has 1 aliphatic rings. The number of nitrogens with zero attached hydrogens (tertiary/aromatic N) is 1. The average molecular weight is 336 g/mol. The molecule has 23 heavy (non-hydrogen) atoms. The van der Waals surface area contributed by atoms with E-state index in [4.69, 9.17) is 11.6 Å². The fourth-order valence-electron chi connectivity index (χ4n) is 2.54. The predicted molar refractivity (Wildman–Crippen MR) is 85.1 cm³/mol. The zero-order valence-corrected chi connectivity index (χ0v) is 13.2. The Balaban J connectivity index is 1.76. The molecule has 0 saturated heterocycles. The van der Waals surface area contributed by atoms with Crippen molar-refractivity contribution in [3.05, 3.63) is 70.2 Å². The van der Waals surface area contributed by atoms with Crippen LogP contribution in [0.1, 0.15) is 24.0 Å². The third-order valence-corrected chi connectivity index (χ3v) is 4.32. The fourth-order valence-corrected chi connectivity index (χ4v) is 2.76. The molecule has 0 radical (unpaired) electrons. The van der Waals surface area contributed by atoms with Gasteiger partial charge in [0.25, 0.3) is 0 Å². The zero-order valence-electron chi connectivity index (χ0n) is 12.4. The molecular weight excluding hydrogens is 320 g/mol. The summed E-state index contributed by atoms with van der Waals surface area (Å²) in [4.78, 5) is 14.2. The van der Waals surface area contributed by atoms with Gasteiger partial charge in [-0.3, -0.25) is 4.79 Å². The molecule has 0 aliphatic heterocycles. The SMILES string of the molecule is O=C(Cc1ccc(F)cc1)N(Cc1c(F)cccc1Cl)C1CC1. The van der Waals surface area contributed by atoms with Gasteiger partial charge in [-0.25, -0.2) is 8.78 Å². The van der Waals surface area contributed by atoms with Crippen LogP contribution in [-0.4, -0.2) is 16.8 Å². The van der Waals surface area contributed by atoms with E-state index in [1.54, 1.807) is 29.2 Å². The second-order valence-corrected chi connectivity index (χ2v) is 6.16. The van der Waals surface area contributed by atoms with Gasteiger partial charge in [0.1, 0.15) is 11.6 Å². The summed E-state index contributed by atoms with van der Waals surface area (Å²) in [6.45, 7) is 0.163. The molecule has 0 atom stereocenters. The van der Waals surface area contributed by atoms with E-state index in [0.29, 0.717) is 10.6 Å².